The lowest BCUT2D eigenvalue weighted by atomic mass is 9.87. The van der Waals surface area contributed by atoms with Crippen LogP contribution < -0.4 is 10.6 Å². The van der Waals surface area contributed by atoms with Crippen LogP contribution in [0.2, 0.25) is 0 Å². The van der Waals surface area contributed by atoms with E-state index in [0.29, 0.717) is 17.7 Å². The Morgan fingerprint density at radius 1 is 1.07 bits per heavy atom. The molecule has 6 heteroatoms. The van der Waals surface area contributed by atoms with E-state index in [1.54, 1.807) is 0 Å². The molecule has 0 aliphatic carbocycles. The van der Waals surface area contributed by atoms with Crippen molar-refractivity contribution in [3.63, 3.8) is 0 Å². The molecule has 0 aromatic heterocycles. The molecule has 3 rings (SSSR count). The largest absolute Gasteiger partial charge is 0.325 e. The lowest BCUT2D eigenvalue weighted by Gasteiger charge is -2.25. The monoisotopic (exact) mass is 393 g/mol. The van der Waals surface area contributed by atoms with Gasteiger partial charge < -0.3 is 10.6 Å². The molecule has 1 aliphatic rings. The quantitative estimate of drug-likeness (QED) is 0.698. The Hall–Kier alpha value is -3.15. The van der Waals surface area contributed by atoms with Crippen molar-refractivity contribution in [3.8, 4) is 0 Å². The van der Waals surface area contributed by atoms with Crippen LogP contribution in [0.1, 0.15) is 50.7 Å². The van der Waals surface area contributed by atoms with Crippen molar-refractivity contribution >= 4 is 23.5 Å². The van der Waals surface area contributed by atoms with Crippen LogP contribution in [0, 0.1) is 0 Å². The number of hydrogen-bond acceptors (Lipinski definition) is 3. The number of rotatable bonds is 7. The first-order valence-corrected chi connectivity index (χ1v) is 10.0. The fourth-order valence-corrected chi connectivity index (χ4v) is 3.73. The number of imide groups is 1. The molecule has 1 heterocycles. The smallest absolute Gasteiger partial charge is 0.324 e. The third kappa shape index (κ3) is 3.88. The molecule has 2 atom stereocenters. The molecule has 0 unspecified atom stereocenters. The molecule has 2 aromatic rings. The van der Waals surface area contributed by atoms with E-state index in [2.05, 4.69) is 24.5 Å². The summed E-state index contributed by atoms with van der Waals surface area (Å²) in [7, 11) is 0. The minimum Gasteiger partial charge on any atom is -0.324 e. The molecular weight excluding hydrogens is 366 g/mol. The molecular formula is C23H27N3O3. The Kier molecular flexibility index (Phi) is 6.01. The number of para-hydroxylation sites is 1. The summed E-state index contributed by atoms with van der Waals surface area (Å²) in [5, 5.41) is 5.66. The predicted octanol–water partition coefficient (Wildman–Crippen LogP) is 4.00. The molecule has 152 valence electrons. The second kappa shape index (κ2) is 8.47. The number of urea groups is 1. The topological polar surface area (TPSA) is 78.5 Å². The zero-order chi connectivity index (χ0) is 21.0. The molecule has 0 spiro atoms. The first kappa shape index (κ1) is 20.6. The van der Waals surface area contributed by atoms with Crippen LogP contribution in [-0.4, -0.2) is 29.3 Å². The van der Waals surface area contributed by atoms with E-state index in [-0.39, 0.29) is 12.5 Å². The van der Waals surface area contributed by atoms with Gasteiger partial charge in [-0.1, -0.05) is 69.3 Å². The van der Waals surface area contributed by atoms with Crippen molar-refractivity contribution in [1.29, 1.82) is 0 Å². The number of anilines is 1. The van der Waals surface area contributed by atoms with Gasteiger partial charge in [-0.2, -0.15) is 0 Å². The lowest BCUT2D eigenvalue weighted by molar-refractivity contribution is -0.134. The molecule has 6 nitrogen and oxygen atoms in total. The minimum absolute atomic E-state index is 0.286. The Labute approximate surface area is 171 Å². The molecule has 2 aromatic carbocycles. The molecule has 2 N–H and O–H groups in total. The number of hydrogen-bond donors (Lipinski definition) is 2. The lowest BCUT2D eigenvalue weighted by Crippen LogP contribution is -2.44. The van der Waals surface area contributed by atoms with Crippen LogP contribution in [0.5, 0.6) is 0 Å². The Morgan fingerprint density at radius 3 is 2.38 bits per heavy atom. The van der Waals surface area contributed by atoms with Crippen LogP contribution in [0.25, 0.3) is 0 Å². The Balaban J connectivity index is 1.78. The molecule has 1 aliphatic heterocycles. The van der Waals surface area contributed by atoms with E-state index < -0.39 is 23.4 Å². The van der Waals surface area contributed by atoms with Gasteiger partial charge in [0, 0.05) is 5.69 Å². The van der Waals surface area contributed by atoms with E-state index in [9.17, 15) is 14.4 Å². The number of nitrogens with one attached hydrogen (secondary N) is 2. The molecule has 0 radical (unpaired) electrons. The third-order valence-corrected chi connectivity index (χ3v) is 5.65. The number of carbonyl (C=O) groups excluding carboxylic acids is 3. The van der Waals surface area contributed by atoms with Gasteiger partial charge in [0.05, 0.1) is 0 Å². The zero-order valence-corrected chi connectivity index (χ0v) is 17.1. The number of nitrogens with zero attached hydrogens (tertiary/aromatic N) is 1. The predicted molar refractivity (Wildman–Crippen MR) is 112 cm³/mol. The molecule has 4 amide bonds. The number of benzene rings is 2. The van der Waals surface area contributed by atoms with Crippen LogP contribution in [0.15, 0.2) is 54.6 Å². The fraction of sp³-hybridized carbons (Fsp3) is 0.348. The highest BCUT2D eigenvalue weighted by molar-refractivity contribution is 6.10. The molecule has 0 bridgehead atoms. The minimum atomic E-state index is -1.13. The van der Waals surface area contributed by atoms with Gasteiger partial charge in [0.2, 0.25) is 5.91 Å². The zero-order valence-electron chi connectivity index (χ0n) is 17.1. The van der Waals surface area contributed by atoms with Crippen molar-refractivity contribution in [2.75, 3.05) is 11.9 Å². The Morgan fingerprint density at radius 2 is 1.72 bits per heavy atom. The van der Waals surface area contributed by atoms with Crippen molar-refractivity contribution < 1.29 is 14.4 Å². The second-order valence-electron chi connectivity index (χ2n) is 7.39. The summed E-state index contributed by atoms with van der Waals surface area (Å²) in [6.07, 6.45) is 1.34. The van der Waals surface area contributed by atoms with E-state index >= 15 is 0 Å². The van der Waals surface area contributed by atoms with Gasteiger partial charge in [0.15, 0.2) is 0 Å². The van der Waals surface area contributed by atoms with E-state index in [0.717, 1.165) is 16.9 Å². The maximum Gasteiger partial charge on any atom is 0.325 e. The highest BCUT2D eigenvalue weighted by Gasteiger charge is 2.51. The average Bonchev–Trinajstić information content (AvgIpc) is 2.99. The summed E-state index contributed by atoms with van der Waals surface area (Å²) in [6.45, 7) is 5.70. The third-order valence-electron chi connectivity index (χ3n) is 5.65. The fourth-order valence-electron chi connectivity index (χ4n) is 3.73. The van der Waals surface area contributed by atoms with E-state index in [1.165, 1.54) is 0 Å². The van der Waals surface area contributed by atoms with E-state index in [4.69, 9.17) is 0 Å². The summed E-state index contributed by atoms with van der Waals surface area (Å²) in [5.74, 6) is -0.514. The van der Waals surface area contributed by atoms with E-state index in [1.807, 2.05) is 61.5 Å². The van der Waals surface area contributed by atoms with Gasteiger partial charge in [0.25, 0.3) is 5.91 Å². The molecule has 29 heavy (non-hydrogen) atoms. The Bertz CT molecular complexity index is 913. The van der Waals surface area contributed by atoms with Crippen LogP contribution in [0.3, 0.4) is 0 Å². The summed E-state index contributed by atoms with van der Waals surface area (Å²) < 4.78 is 0. The molecule has 0 saturated carbocycles. The van der Waals surface area contributed by atoms with Gasteiger partial charge in [-0.05, 0) is 36.0 Å². The van der Waals surface area contributed by atoms with Crippen molar-refractivity contribution in [1.82, 2.24) is 10.2 Å². The average molecular weight is 393 g/mol. The van der Waals surface area contributed by atoms with Crippen molar-refractivity contribution in [2.45, 2.75) is 45.1 Å². The first-order chi connectivity index (χ1) is 13.9. The van der Waals surface area contributed by atoms with Crippen molar-refractivity contribution in [2.24, 2.45) is 0 Å². The second-order valence-corrected chi connectivity index (χ2v) is 7.39. The normalized spacial score (nSPS) is 19.8. The number of amides is 4. The van der Waals surface area contributed by atoms with Crippen LogP contribution >= 0.6 is 0 Å². The molecule has 1 saturated heterocycles. The summed E-state index contributed by atoms with van der Waals surface area (Å²) >= 11 is 0. The van der Waals surface area contributed by atoms with Crippen molar-refractivity contribution in [3.05, 3.63) is 65.7 Å². The summed E-state index contributed by atoms with van der Waals surface area (Å²) in [4.78, 5) is 39.4. The van der Waals surface area contributed by atoms with Crippen LogP contribution in [0.4, 0.5) is 10.5 Å². The first-order valence-electron chi connectivity index (χ1n) is 10.0. The van der Waals surface area contributed by atoms with Gasteiger partial charge >= 0.3 is 6.03 Å². The van der Waals surface area contributed by atoms with Gasteiger partial charge in [-0.3, -0.25) is 14.5 Å². The number of carbonyl (C=O) groups is 3. The highest BCUT2D eigenvalue weighted by Crippen LogP contribution is 2.32. The summed E-state index contributed by atoms with van der Waals surface area (Å²) in [5.41, 5.74) is 1.33. The van der Waals surface area contributed by atoms with Gasteiger partial charge in [0.1, 0.15) is 12.1 Å². The van der Waals surface area contributed by atoms with Gasteiger partial charge in [-0.25, -0.2) is 4.79 Å². The summed E-state index contributed by atoms with van der Waals surface area (Å²) in [6, 6.07) is 16.2. The maximum absolute atomic E-state index is 13.1. The highest BCUT2D eigenvalue weighted by atomic mass is 16.2. The van der Waals surface area contributed by atoms with Crippen LogP contribution in [-0.2, 0) is 15.1 Å². The molecule has 1 fully saturated rings. The maximum atomic E-state index is 13.1. The SMILES string of the molecule is CC[C@@H](C)c1ccccc1NC(=O)CN1C(=O)N[C@@](CC)(c2ccccc2)C1=O. The standard InChI is InChI=1S/C23H27N3O3/c1-4-16(3)18-13-9-10-14-19(18)24-20(27)15-26-21(28)23(5-2,25-22(26)29)17-11-7-6-8-12-17/h6-14,16H,4-5,15H2,1-3H3,(H,24,27)(H,25,29)/t16-,23+/m1/s1. The van der Waals surface area contributed by atoms with Gasteiger partial charge in [-0.15, -0.1) is 0 Å².